The Morgan fingerprint density at radius 2 is 2.18 bits per heavy atom. The van der Waals surface area contributed by atoms with Crippen LogP contribution in [0.1, 0.15) is 20.8 Å². The van der Waals surface area contributed by atoms with Gasteiger partial charge in [0.25, 0.3) is 0 Å². The molecule has 0 fully saturated rings. The molecular weight excluding hydrogens is 224 g/mol. The number of likely N-dealkylation sites (N-methyl/N-ethyl adjacent to an activating group) is 1. The van der Waals surface area contributed by atoms with Crippen molar-refractivity contribution in [3.63, 3.8) is 0 Å². The van der Waals surface area contributed by atoms with Gasteiger partial charge in [0.2, 0.25) is 0 Å². The van der Waals surface area contributed by atoms with Crippen molar-refractivity contribution in [2.45, 2.75) is 26.3 Å². The summed E-state index contributed by atoms with van der Waals surface area (Å²) in [6.07, 6.45) is 1.80. The van der Waals surface area contributed by atoms with Crippen molar-refractivity contribution < 1.29 is 14.6 Å². The Bertz CT molecular complexity index is 527. The Kier molecular flexibility index (Phi) is 3.43. The van der Waals surface area contributed by atoms with Crippen LogP contribution in [0.15, 0.2) is 22.8 Å². The molecule has 0 unspecified atom stereocenters. The third-order valence-corrected chi connectivity index (χ3v) is 2.79. The molecule has 1 aromatic carbocycles. The van der Waals surface area contributed by atoms with Gasteiger partial charge in [0.05, 0.1) is 11.6 Å². The predicted octanol–water partition coefficient (Wildman–Crippen LogP) is 3.50. The van der Waals surface area contributed by atoms with Gasteiger partial charge in [-0.25, -0.2) is 8.78 Å². The second kappa shape index (κ2) is 4.84. The van der Waals surface area contributed by atoms with Crippen molar-refractivity contribution in [1.82, 2.24) is 5.32 Å². The number of benzene rings is 1. The molecule has 1 heterocycles. The normalized spacial score (nSPS) is 13.2. The van der Waals surface area contributed by atoms with Crippen LogP contribution in [-0.2, 0) is 6.42 Å². The maximum Gasteiger partial charge on any atom is 0.170 e. The third-order valence-electron chi connectivity index (χ3n) is 2.79. The summed E-state index contributed by atoms with van der Waals surface area (Å²) in [6, 6.07) is 3.11. The Morgan fingerprint density at radius 1 is 1.41 bits per heavy atom. The first-order chi connectivity index (χ1) is 8.13. The van der Waals surface area contributed by atoms with E-state index in [9.17, 15) is 8.78 Å². The van der Waals surface area contributed by atoms with Crippen molar-refractivity contribution in [3.05, 3.63) is 35.6 Å². The van der Waals surface area contributed by atoms with Gasteiger partial charge in [-0.2, -0.15) is 0 Å². The van der Waals surface area contributed by atoms with E-state index in [0.29, 0.717) is 17.6 Å². The molecule has 0 spiro atoms. The molecular formula is C13H17F2NO. The molecule has 0 saturated carbocycles. The molecule has 17 heavy (non-hydrogen) atoms. The Morgan fingerprint density at radius 3 is 2.88 bits per heavy atom. The van der Waals surface area contributed by atoms with Crippen molar-refractivity contribution in [2.24, 2.45) is 0 Å². The van der Waals surface area contributed by atoms with Gasteiger partial charge >= 0.3 is 0 Å². The molecule has 4 heteroatoms. The van der Waals surface area contributed by atoms with Crippen LogP contribution in [-0.4, -0.2) is 12.6 Å². The first-order valence-electron chi connectivity index (χ1n) is 5.71. The SMILES string of the molecule is CCN[C@@H](C)Cc1cc2occc2c(F)c1F.[HH]. The van der Waals surface area contributed by atoms with E-state index in [1.807, 2.05) is 13.8 Å². The van der Waals surface area contributed by atoms with E-state index in [0.717, 1.165) is 6.54 Å². The smallest absolute Gasteiger partial charge is 0.170 e. The molecule has 0 bridgehead atoms. The van der Waals surface area contributed by atoms with Gasteiger partial charge in [0.15, 0.2) is 11.6 Å². The molecule has 0 saturated heterocycles. The highest BCUT2D eigenvalue weighted by Gasteiger charge is 2.16. The lowest BCUT2D eigenvalue weighted by molar-refractivity contribution is 0.489. The molecule has 2 aromatic rings. The van der Waals surface area contributed by atoms with Gasteiger partial charge < -0.3 is 9.73 Å². The fourth-order valence-corrected chi connectivity index (χ4v) is 1.99. The van der Waals surface area contributed by atoms with Crippen LogP contribution in [0.4, 0.5) is 8.78 Å². The first-order valence-corrected chi connectivity index (χ1v) is 5.71. The van der Waals surface area contributed by atoms with Crippen molar-refractivity contribution in [2.75, 3.05) is 6.54 Å². The monoisotopic (exact) mass is 241 g/mol. The first kappa shape index (κ1) is 12.0. The van der Waals surface area contributed by atoms with Crippen molar-refractivity contribution in [1.29, 1.82) is 0 Å². The Balaban J connectivity index is 0.00000162. The number of rotatable bonds is 4. The lowest BCUT2D eigenvalue weighted by atomic mass is 10.0. The predicted molar refractivity (Wildman–Crippen MR) is 65.1 cm³/mol. The van der Waals surface area contributed by atoms with Crippen molar-refractivity contribution in [3.8, 4) is 0 Å². The highest BCUT2D eigenvalue weighted by molar-refractivity contribution is 5.78. The fourth-order valence-electron chi connectivity index (χ4n) is 1.99. The second-order valence-electron chi connectivity index (χ2n) is 4.16. The molecule has 2 nitrogen and oxygen atoms in total. The van der Waals surface area contributed by atoms with Gasteiger partial charge in [-0.05, 0) is 37.6 Å². The van der Waals surface area contributed by atoms with Crippen LogP contribution < -0.4 is 5.32 Å². The molecule has 2 rings (SSSR count). The standard InChI is InChI=1S/C13H15F2NO.H2/c1-3-16-8(2)6-9-7-11-10(4-5-17-11)13(15)12(9)14;/h4-5,7-8,16H,3,6H2,1-2H3;1H/t8-;/m0./s1. The number of fused-ring (bicyclic) bond motifs is 1. The number of hydrogen-bond donors (Lipinski definition) is 1. The molecule has 0 aliphatic rings. The zero-order valence-corrected chi connectivity index (χ0v) is 9.89. The quantitative estimate of drug-likeness (QED) is 0.886. The van der Waals surface area contributed by atoms with Crippen LogP contribution in [0.5, 0.6) is 0 Å². The van der Waals surface area contributed by atoms with Gasteiger partial charge in [-0.3, -0.25) is 0 Å². The second-order valence-corrected chi connectivity index (χ2v) is 4.16. The summed E-state index contributed by atoms with van der Waals surface area (Å²) in [5.74, 6) is -1.60. The zero-order valence-electron chi connectivity index (χ0n) is 9.89. The lowest BCUT2D eigenvalue weighted by Crippen LogP contribution is -2.28. The minimum atomic E-state index is -0.824. The fraction of sp³-hybridized carbons (Fsp3) is 0.385. The Labute approximate surface area is 100 Å². The summed E-state index contributed by atoms with van der Waals surface area (Å²) in [7, 11) is 0. The minimum Gasteiger partial charge on any atom is -0.464 e. The molecule has 0 amide bonds. The Hall–Kier alpha value is -1.42. The minimum absolute atomic E-state index is 0. The van der Waals surface area contributed by atoms with Crippen LogP contribution >= 0.6 is 0 Å². The third kappa shape index (κ3) is 2.31. The van der Waals surface area contributed by atoms with Crippen LogP contribution in [0.3, 0.4) is 0 Å². The summed E-state index contributed by atoms with van der Waals surface area (Å²) >= 11 is 0. The summed E-state index contributed by atoms with van der Waals surface area (Å²) in [6.45, 7) is 4.71. The number of halogens is 2. The molecule has 0 aliphatic carbocycles. The van der Waals surface area contributed by atoms with E-state index in [1.54, 1.807) is 6.07 Å². The molecule has 0 aliphatic heterocycles. The van der Waals surface area contributed by atoms with E-state index in [2.05, 4.69) is 5.32 Å². The average Bonchev–Trinajstić information content (AvgIpc) is 2.74. The topological polar surface area (TPSA) is 25.2 Å². The largest absolute Gasteiger partial charge is 0.464 e. The zero-order chi connectivity index (χ0) is 12.4. The molecule has 1 atom stereocenters. The average molecular weight is 241 g/mol. The summed E-state index contributed by atoms with van der Waals surface area (Å²) in [5, 5.41) is 3.36. The summed E-state index contributed by atoms with van der Waals surface area (Å²) in [4.78, 5) is 0. The van der Waals surface area contributed by atoms with E-state index in [1.165, 1.54) is 12.3 Å². The van der Waals surface area contributed by atoms with Crippen LogP contribution in [0.25, 0.3) is 11.0 Å². The van der Waals surface area contributed by atoms with E-state index < -0.39 is 11.6 Å². The van der Waals surface area contributed by atoms with Gasteiger partial charge in [-0.15, -0.1) is 0 Å². The summed E-state index contributed by atoms with van der Waals surface area (Å²) in [5.41, 5.74) is 0.737. The molecule has 1 N–H and O–H groups in total. The highest BCUT2D eigenvalue weighted by Crippen LogP contribution is 2.25. The van der Waals surface area contributed by atoms with E-state index in [4.69, 9.17) is 4.42 Å². The van der Waals surface area contributed by atoms with Crippen LogP contribution in [0, 0.1) is 11.6 Å². The van der Waals surface area contributed by atoms with Crippen molar-refractivity contribution >= 4 is 11.0 Å². The van der Waals surface area contributed by atoms with E-state index >= 15 is 0 Å². The molecule has 0 radical (unpaired) electrons. The van der Waals surface area contributed by atoms with Crippen LogP contribution in [0.2, 0.25) is 0 Å². The lowest BCUT2D eigenvalue weighted by Gasteiger charge is -2.13. The number of hydrogen-bond acceptors (Lipinski definition) is 2. The maximum absolute atomic E-state index is 13.8. The number of furan rings is 1. The van der Waals surface area contributed by atoms with Gasteiger partial charge in [-0.1, -0.05) is 6.92 Å². The van der Waals surface area contributed by atoms with Gasteiger partial charge in [0, 0.05) is 7.47 Å². The van der Waals surface area contributed by atoms with Gasteiger partial charge in [0.1, 0.15) is 5.58 Å². The van der Waals surface area contributed by atoms with E-state index in [-0.39, 0.29) is 12.9 Å². The summed E-state index contributed by atoms with van der Waals surface area (Å²) < 4.78 is 32.5. The molecule has 1 aromatic heterocycles. The molecule has 94 valence electrons. The number of nitrogens with one attached hydrogen (secondary N) is 1. The maximum atomic E-state index is 13.8. The highest BCUT2D eigenvalue weighted by atomic mass is 19.2.